The van der Waals surface area contributed by atoms with Crippen LogP contribution in [-0.4, -0.2) is 29.7 Å². The van der Waals surface area contributed by atoms with E-state index in [4.69, 9.17) is 4.74 Å². The summed E-state index contributed by atoms with van der Waals surface area (Å²) in [7, 11) is 0. The van der Waals surface area contributed by atoms with Gasteiger partial charge in [-0.2, -0.15) is 13.2 Å². The minimum atomic E-state index is -4.48. The first-order chi connectivity index (χ1) is 10.9. The summed E-state index contributed by atoms with van der Waals surface area (Å²) >= 11 is 0. The van der Waals surface area contributed by atoms with E-state index in [0.717, 1.165) is 17.8 Å². The van der Waals surface area contributed by atoms with Gasteiger partial charge in [0.2, 0.25) is 5.95 Å². The van der Waals surface area contributed by atoms with Crippen molar-refractivity contribution < 1.29 is 17.9 Å². The lowest BCUT2D eigenvalue weighted by Gasteiger charge is -2.40. The third kappa shape index (κ3) is 3.29. The van der Waals surface area contributed by atoms with Crippen molar-refractivity contribution in [3.05, 3.63) is 53.9 Å². The minimum absolute atomic E-state index is 0.0743. The second-order valence-electron chi connectivity index (χ2n) is 5.61. The molecule has 0 saturated carbocycles. The van der Waals surface area contributed by atoms with Gasteiger partial charge in [0.15, 0.2) is 0 Å². The lowest BCUT2D eigenvalue weighted by atomic mass is 9.94. The van der Waals surface area contributed by atoms with Crippen LogP contribution in [0.25, 0.3) is 0 Å². The fraction of sp³-hybridized carbons (Fsp3) is 0.375. The van der Waals surface area contributed by atoms with Gasteiger partial charge in [-0.15, -0.1) is 0 Å². The van der Waals surface area contributed by atoms with Crippen LogP contribution in [0.3, 0.4) is 0 Å². The van der Waals surface area contributed by atoms with E-state index < -0.39 is 17.5 Å². The Hall–Kier alpha value is -2.15. The Bertz CT molecular complexity index is 678. The average molecular weight is 323 g/mol. The number of halogens is 3. The van der Waals surface area contributed by atoms with Gasteiger partial charge in [-0.05, 0) is 18.6 Å². The molecule has 1 atom stereocenters. The molecule has 7 heteroatoms. The molecule has 3 rings (SSSR count). The summed E-state index contributed by atoms with van der Waals surface area (Å²) in [6.07, 6.45) is -3.34. The van der Waals surface area contributed by atoms with Crippen LogP contribution >= 0.6 is 0 Å². The molecule has 0 aliphatic carbocycles. The first-order valence-electron chi connectivity index (χ1n) is 7.23. The van der Waals surface area contributed by atoms with Crippen LogP contribution in [0.5, 0.6) is 0 Å². The molecule has 122 valence electrons. The zero-order valence-corrected chi connectivity index (χ0v) is 12.5. The van der Waals surface area contributed by atoms with Crippen molar-refractivity contribution in [3.63, 3.8) is 0 Å². The Morgan fingerprint density at radius 3 is 2.61 bits per heavy atom. The molecule has 1 aromatic heterocycles. The predicted octanol–water partition coefficient (Wildman–Crippen LogP) is 3.25. The minimum Gasteiger partial charge on any atom is -0.367 e. The quantitative estimate of drug-likeness (QED) is 0.850. The Labute approximate surface area is 131 Å². The van der Waals surface area contributed by atoms with E-state index >= 15 is 0 Å². The molecule has 4 nitrogen and oxygen atoms in total. The molecule has 1 aromatic carbocycles. The SMILES string of the molecule is CC1(c2ccccc2)CN(c2nccc(C(F)(F)F)n2)CCO1. The smallest absolute Gasteiger partial charge is 0.367 e. The highest BCUT2D eigenvalue weighted by Crippen LogP contribution is 2.32. The van der Waals surface area contributed by atoms with Crippen LogP contribution < -0.4 is 4.90 Å². The van der Waals surface area contributed by atoms with Gasteiger partial charge < -0.3 is 9.64 Å². The first kappa shape index (κ1) is 15.7. The number of hydrogen-bond donors (Lipinski definition) is 0. The van der Waals surface area contributed by atoms with E-state index in [2.05, 4.69) is 9.97 Å². The number of benzene rings is 1. The first-order valence-corrected chi connectivity index (χ1v) is 7.23. The van der Waals surface area contributed by atoms with Crippen molar-refractivity contribution in [2.45, 2.75) is 18.7 Å². The Balaban J connectivity index is 1.87. The molecule has 2 aromatic rings. The summed E-state index contributed by atoms with van der Waals surface area (Å²) in [6, 6.07) is 10.5. The molecule has 0 N–H and O–H groups in total. The fourth-order valence-electron chi connectivity index (χ4n) is 2.66. The standard InChI is InChI=1S/C16H16F3N3O/c1-15(12-5-3-2-4-6-12)11-22(9-10-23-15)14-20-8-7-13(21-14)16(17,18)19/h2-8H,9-11H2,1H3. The number of morpholine rings is 1. The average Bonchev–Trinajstić information content (AvgIpc) is 2.55. The number of aromatic nitrogens is 2. The molecule has 1 aliphatic heterocycles. The number of hydrogen-bond acceptors (Lipinski definition) is 4. The fourth-order valence-corrected chi connectivity index (χ4v) is 2.66. The van der Waals surface area contributed by atoms with Crippen molar-refractivity contribution in [1.82, 2.24) is 9.97 Å². The highest BCUT2D eigenvalue weighted by Gasteiger charge is 2.37. The molecule has 0 radical (unpaired) electrons. The van der Waals surface area contributed by atoms with Gasteiger partial charge in [-0.25, -0.2) is 9.97 Å². The van der Waals surface area contributed by atoms with E-state index in [1.807, 2.05) is 37.3 Å². The highest BCUT2D eigenvalue weighted by atomic mass is 19.4. The molecule has 0 amide bonds. The number of ether oxygens (including phenoxy) is 1. The van der Waals surface area contributed by atoms with Crippen LogP contribution in [0.1, 0.15) is 18.2 Å². The van der Waals surface area contributed by atoms with Crippen molar-refractivity contribution in [2.75, 3.05) is 24.6 Å². The molecule has 0 spiro atoms. The second-order valence-corrected chi connectivity index (χ2v) is 5.61. The zero-order chi connectivity index (χ0) is 16.5. The molecule has 0 bridgehead atoms. The van der Waals surface area contributed by atoms with Gasteiger partial charge in [0.05, 0.1) is 13.2 Å². The third-order valence-electron chi connectivity index (χ3n) is 3.87. The van der Waals surface area contributed by atoms with Crippen LogP contribution in [0, 0.1) is 0 Å². The maximum absolute atomic E-state index is 12.8. The monoisotopic (exact) mass is 323 g/mol. The van der Waals surface area contributed by atoms with Gasteiger partial charge in [-0.1, -0.05) is 30.3 Å². The number of alkyl halides is 3. The van der Waals surface area contributed by atoms with E-state index in [1.165, 1.54) is 0 Å². The predicted molar refractivity (Wildman–Crippen MR) is 79.0 cm³/mol. The second kappa shape index (κ2) is 5.81. The Kier molecular flexibility index (Phi) is 3.97. The Morgan fingerprint density at radius 1 is 1.17 bits per heavy atom. The summed E-state index contributed by atoms with van der Waals surface area (Å²) < 4.78 is 44.3. The van der Waals surface area contributed by atoms with E-state index in [1.54, 1.807) is 4.90 Å². The zero-order valence-electron chi connectivity index (χ0n) is 12.5. The van der Waals surface area contributed by atoms with Gasteiger partial charge in [-0.3, -0.25) is 0 Å². The summed E-state index contributed by atoms with van der Waals surface area (Å²) in [5.74, 6) is 0.0743. The van der Waals surface area contributed by atoms with E-state index in [9.17, 15) is 13.2 Å². The van der Waals surface area contributed by atoms with Crippen LogP contribution in [-0.2, 0) is 16.5 Å². The maximum Gasteiger partial charge on any atom is 0.433 e. The number of nitrogens with zero attached hydrogens (tertiary/aromatic N) is 3. The normalized spacial score (nSPS) is 22.2. The molecule has 23 heavy (non-hydrogen) atoms. The molecule has 1 saturated heterocycles. The van der Waals surface area contributed by atoms with Gasteiger partial charge in [0, 0.05) is 12.7 Å². The van der Waals surface area contributed by atoms with E-state index in [-0.39, 0.29) is 5.95 Å². The molecule has 1 unspecified atom stereocenters. The van der Waals surface area contributed by atoms with Crippen LogP contribution in [0.2, 0.25) is 0 Å². The van der Waals surface area contributed by atoms with Crippen molar-refractivity contribution in [2.24, 2.45) is 0 Å². The topological polar surface area (TPSA) is 38.2 Å². The molecular weight excluding hydrogens is 307 g/mol. The van der Waals surface area contributed by atoms with Gasteiger partial charge in [0.25, 0.3) is 0 Å². The van der Waals surface area contributed by atoms with Crippen LogP contribution in [0.15, 0.2) is 42.6 Å². The van der Waals surface area contributed by atoms with Crippen molar-refractivity contribution in [1.29, 1.82) is 0 Å². The maximum atomic E-state index is 12.8. The number of anilines is 1. The summed E-state index contributed by atoms with van der Waals surface area (Å²) in [5.41, 5.74) is -0.580. The molecular formula is C16H16F3N3O. The lowest BCUT2D eigenvalue weighted by molar-refractivity contribution is -0.141. The lowest BCUT2D eigenvalue weighted by Crippen LogP contribution is -2.49. The largest absolute Gasteiger partial charge is 0.433 e. The van der Waals surface area contributed by atoms with Gasteiger partial charge in [0.1, 0.15) is 11.3 Å². The summed E-state index contributed by atoms with van der Waals surface area (Å²) in [5, 5.41) is 0. The van der Waals surface area contributed by atoms with E-state index in [0.29, 0.717) is 19.7 Å². The summed E-state index contributed by atoms with van der Waals surface area (Å²) in [4.78, 5) is 9.38. The third-order valence-corrected chi connectivity index (χ3v) is 3.87. The number of rotatable bonds is 2. The van der Waals surface area contributed by atoms with Crippen molar-refractivity contribution >= 4 is 5.95 Å². The molecule has 2 heterocycles. The molecule has 1 fully saturated rings. The highest BCUT2D eigenvalue weighted by molar-refractivity contribution is 5.35. The molecule has 1 aliphatic rings. The summed E-state index contributed by atoms with van der Waals surface area (Å²) in [6.45, 7) is 3.15. The van der Waals surface area contributed by atoms with Crippen LogP contribution in [0.4, 0.5) is 19.1 Å². The Morgan fingerprint density at radius 2 is 1.91 bits per heavy atom. The van der Waals surface area contributed by atoms with Gasteiger partial charge >= 0.3 is 6.18 Å². The van der Waals surface area contributed by atoms with Crippen molar-refractivity contribution in [3.8, 4) is 0 Å².